The largest absolute Gasteiger partial charge is 0.497 e. The maximum absolute atomic E-state index is 14.0. The van der Waals surface area contributed by atoms with Crippen molar-refractivity contribution in [2.75, 3.05) is 7.11 Å². The van der Waals surface area contributed by atoms with Crippen LogP contribution in [0.3, 0.4) is 0 Å². The summed E-state index contributed by atoms with van der Waals surface area (Å²) in [6, 6.07) is 13.3. The van der Waals surface area contributed by atoms with Gasteiger partial charge in [0.05, 0.1) is 12.7 Å². The van der Waals surface area contributed by atoms with E-state index in [1.165, 1.54) is 57.3 Å². The van der Waals surface area contributed by atoms with Gasteiger partial charge >= 0.3 is 0 Å². The summed E-state index contributed by atoms with van der Waals surface area (Å²) in [5.74, 6) is 9.35. The average Bonchev–Trinajstić information content (AvgIpc) is 2.77. The van der Waals surface area contributed by atoms with Crippen molar-refractivity contribution in [2.45, 2.75) is 44.4 Å². The summed E-state index contributed by atoms with van der Waals surface area (Å²) in [5, 5.41) is 0. The predicted octanol–water partition coefficient (Wildman–Crippen LogP) is 6.72. The number of allylic oxidation sites excluding steroid dienone is 1. The van der Waals surface area contributed by atoms with Gasteiger partial charge in [-0.25, -0.2) is 4.39 Å². The van der Waals surface area contributed by atoms with Crippen molar-refractivity contribution < 1.29 is 9.13 Å². The first-order valence-electron chi connectivity index (χ1n) is 10.7. The van der Waals surface area contributed by atoms with E-state index in [4.69, 9.17) is 4.74 Å². The van der Waals surface area contributed by atoms with Crippen LogP contribution in [0.4, 0.5) is 4.39 Å². The lowest BCUT2D eigenvalue weighted by Gasteiger charge is -2.41. The van der Waals surface area contributed by atoms with Crippen LogP contribution >= 0.6 is 0 Å². The summed E-state index contributed by atoms with van der Waals surface area (Å²) in [6.45, 7) is 4.00. The molecule has 2 aromatic rings. The number of methoxy groups -OCH3 is 1. The van der Waals surface area contributed by atoms with Crippen LogP contribution < -0.4 is 4.74 Å². The molecule has 0 saturated heterocycles. The van der Waals surface area contributed by atoms with Gasteiger partial charge in [0, 0.05) is 11.6 Å². The number of benzene rings is 2. The molecule has 0 spiro atoms. The Labute approximate surface area is 174 Å². The van der Waals surface area contributed by atoms with Crippen molar-refractivity contribution >= 4 is 0 Å². The van der Waals surface area contributed by atoms with Gasteiger partial charge in [0.1, 0.15) is 11.6 Å². The van der Waals surface area contributed by atoms with Crippen molar-refractivity contribution in [3.8, 4) is 17.6 Å². The van der Waals surface area contributed by atoms with Gasteiger partial charge in [-0.3, -0.25) is 0 Å². The van der Waals surface area contributed by atoms with Crippen LogP contribution in [-0.2, 0) is 0 Å². The molecular formula is C27H29FO. The Morgan fingerprint density at radius 1 is 0.966 bits per heavy atom. The fourth-order valence-corrected chi connectivity index (χ4v) is 5.14. The highest BCUT2D eigenvalue weighted by molar-refractivity contribution is 5.45. The van der Waals surface area contributed by atoms with Crippen LogP contribution in [0.1, 0.15) is 61.1 Å². The molecule has 2 aliphatic carbocycles. The smallest absolute Gasteiger partial charge is 0.142 e. The molecule has 2 saturated carbocycles. The number of halogens is 1. The molecule has 0 N–H and O–H groups in total. The molecule has 0 amide bonds. The lowest BCUT2D eigenvalue weighted by molar-refractivity contribution is 0.133. The highest BCUT2D eigenvalue weighted by Gasteiger charge is 2.35. The fourth-order valence-electron chi connectivity index (χ4n) is 5.14. The number of ether oxygens (including phenoxy) is 1. The summed E-state index contributed by atoms with van der Waals surface area (Å²) in [7, 11) is 1.53. The third kappa shape index (κ3) is 4.56. The zero-order valence-corrected chi connectivity index (χ0v) is 17.2. The number of rotatable bonds is 3. The van der Waals surface area contributed by atoms with E-state index in [9.17, 15) is 4.39 Å². The fraction of sp³-hybridized carbons (Fsp3) is 0.407. The topological polar surface area (TPSA) is 9.23 Å². The van der Waals surface area contributed by atoms with E-state index < -0.39 is 0 Å². The van der Waals surface area contributed by atoms with Crippen LogP contribution in [0.5, 0.6) is 5.75 Å². The van der Waals surface area contributed by atoms with Gasteiger partial charge in [0.2, 0.25) is 0 Å². The molecule has 0 aromatic heterocycles. The summed E-state index contributed by atoms with van der Waals surface area (Å²) in [6.07, 6.45) is 10.1. The monoisotopic (exact) mass is 388 g/mol. The van der Waals surface area contributed by atoms with Crippen LogP contribution in [0.25, 0.3) is 0 Å². The molecule has 0 aliphatic heterocycles. The number of hydrogen-bond acceptors (Lipinski definition) is 1. The van der Waals surface area contributed by atoms with Crippen LogP contribution in [-0.4, -0.2) is 7.11 Å². The molecule has 2 aromatic carbocycles. The molecule has 0 bridgehead atoms. The predicted molar refractivity (Wildman–Crippen MR) is 116 cm³/mol. The first-order chi connectivity index (χ1) is 14.2. The minimum atomic E-state index is -0.351. The molecule has 4 atom stereocenters. The molecule has 4 unspecified atom stereocenters. The summed E-state index contributed by atoms with van der Waals surface area (Å²) in [4.78, 5) is 0. The van der Waals surface area contributed by atoms with Gasteiger partial charge in [0.25, 0.3) is 0 Å². The van der Waals surface area contributed by atoms with E-state index in [1.807, 2.05) is 0 Å². The van der Waals surface area contributed by atoms with Gasteiger partial charge in [-0.1, -0.05) is 30.0 Å². The molecular weight excluding hydrogens is 359 g/mol. The second-order valence-corrected chi connectivity index (χ2v) is 8.56. The minimum absolute atomic E-state index is 0.351. The zero-order chi connectivity index (χ0) is 20.2. The van der Waals surface area contributed by atoms with Crippen LogP contribution in [0.15, 0.2) is 55.1 Å². The van der Waals surface area contributed by atoms with E-state index in [2.05, 4.69) is 48.8 Å². The highest BCUT2D eigenvalue weighted by atomic mass is 19.1. The lowest BCUT2D eigenvalue weighted by atomic mass is 9.64. The molecule has 29 heavy (non-hydrogen) atoms. The molecule has 0 radical (unpaired) electrons. The SMILES string of the molecule is C=CC1CCC2CC(c3ccc(C#Cc4ccc(OC)cc4F)cc3)CCC2C1. The Hall–Kier alpha value is -2.53. The second kappa shape index (κ2) is 8.87. The summed E-state index contributed by atoms with van der Waals surface area (Å²) < 4.78 is 19.1. The molecule has 2 heteroatoms. The molecule has 4 rings (SSSR count). The van der Waals surface area contributed by atoms with E-state index in [0.717, 1.165) is 23.3 Å². The Kier molecular flexibility index (Phi) is 6.05. The first kappa shape index (κ1) is 19.8. The highest BCUT2D eigenvalue weighted by Crippen LogP contribution is 2.47. The third-order valence-corrected chi connectivity index (χ3v) is 6.89. The maximum atomic E-state index is 14.0. The van der Waals surface area contributed by atoms with Gasteiger partial charge < -0.3 is 4.74 Å². The van der Waals surface area contributed by atoms with Crippen molar-refractivity contribution in [1.82, 2.24) is 0 Å². The van der Waals surface area contributed by atoms with Crippen molar-refractivity contribution in [3.05, 3.63) is 77.6 Å². The first-order valence-corrected chi connectivity index (χ1v) is 10.7. The lowest BCUT2D eigenvalue weighted by Crippen LogP contribution is -2.29. The Morgan fingerprint density at radius 3 is 2.45 bits per heavy atom. The summed E-state index contributed by atoms with van der Waals surface area (Å²) >= 11 is 0. The third-order valence-electron chi connectivity index (χ3n) is 6.89. The molecule has 150 valence electrons. The normalized spacial score (nSPS) is 26.0. The van der Waals surface area contributed by atoms with Crippen molar-refractivity contribution in [2.24, 2.45) is 17.8 Å². The Morgan fingerprint density at radius 2 is 1.72 bits per heavy atom. The molecule has 0 heterocycles. The van der Waals surface area contributed by atoms with E-state index in [-0.39, 0.29) is 5.82 Å². The van der Waals surface area contributed by atoms with Crippen LogP contribution in [0.2, 0.25) is 0 Å². The molecule has 2 fully saturated rings. The Bertz CT molecular complexity index is 918. The zero-order valence-electron chi connectivity index (χ0n) is 17.2. The van der Waals surface area contributed by atoms with E-state index in [1.54, 1.807) is 12.1 Å². The average molecular weight is 389 g/mol. The second-order valence-electron chi connectivity index (χ2n) is 8.56. The van der Waals surface area contributed by atoms with Crippen LogP contribution in [0, 0.1) is 35.4 Å². The van der Waals surface area contributed by atoms with Gasteiger partial charge in [0.15, 0.2) is 0 Å². The van der Waals surface area contributed by atoms with E-state index in [0.29, 0.717) is 17.2 Å². The molecule has 1 nitrogen and oxygen atoms in total. The van der Waals surface area contributed by atoms with Crippen molar-refractivity contribution in [1.29, 1.82) is 0 Å². The quantitative estimate of drug-likeness (QED) is 0.419. The van der Waals surface area contributed by atoms with Gasteiger partial charge in [-0.15, -0.1) is 6.58 Å². The summed E-state index contributed by atoms with van der Waals surface area (Å²) in [5.41, 5.74) is 2.74. The molecule has 2 aliphatic rings. The van der Waals surface area contributed by atoms with Crippen molar-refractivity contribution in [3.63, 3.8) is 0 Å². The van der Waals surface area contributed by atoms with Gasteiger partial charge in [-0.05, 0) is 92.0 Å². The number of fused-ring (bicyclic) bond motifs is 1. The Balaban J connectivity index is 1.41. The number of hydrogen-bond donors (Lipinski definition) is 0. The van der Waals surface area contributed by atoms with Gasteiger partial charge in [-0.2, -0.15) is 0 Å². The maximum Gasteiger partial charge on any atom is 0.142 e. The minimum Gasteiger partial charge on any atom is -0.497 e. The standard InChI is InChI=1S/C27H29FO/c1-3-19-4-11-25-17-24(13-12-23(25)16-19)21-8-5-20(6-9-21)7-10-22-14-15-26(29-2)18-27(22)28/h3,5-6,8-9,14-15,18-19,23-25H,1,4,11-13,16-17H2,2H3. The van der Waals surface area contributed by atoms with E-state index >= 15 is 0 Å².